The second kappa shape index (κ2) is 3.93. The SMILES string of the molecule is CC(=O)N1CCc2nc(C(C)C)sc2C1. The summed E-state index contributed by atoms with van der Waals surface area (Å²) in [6.45, 7) is 7.54. The van der Waals surface area contributed by atoms with Crippen LogP contribution in [0.2, 0.25) is 0 Å². The number of thiazole rings is 1. The van der Waals surface area contributed by atoms with Crippen LogP contribution in [0.15, 0.2) is 0 Å². The molecular weight excluding hydrogens is 208 g/mol. The third kappa shape index (κ3) is 2.04. The van der Waals surface area contributed by atoms with Crippen LogP contribution in [0, 0.1) is 0 Å². The molecule has 82 valence electrons. The average molecular weight is 224 g/mol. The van der Waals surface area contributed by atoms with Gasteiger partial charge in [-0.1, -0.05) is 13.8 Å². The maximum atomic E-state index is 11.3. The second-order valence-electron chi connectivity index (χ2n) is 4.27. The zero-order chi connectivity index (χ0) is 11.0. The molecule has 1 aromatic heterocycles. The summed E-state index contributed by atoms with van der Waals surface area (Å²) in [6, 6.07) is 0. The van der Waals surface area contributed by atoms with E-state index in [1.165, 1.54) is 15.6 Å². The first-order valence-electron chi connectivity index (χ1n) is 5.32. The molecular formula is C11H16N2OS. The van der Waals surface area contributed by atoms with Gasteiger partial charge in [0.15, 0.2) is 0 Å². The van der Waals surface area contributed by atoms with E-state index in [0.29, 0.717) is 5.92 Å². The van der Waals surface area contributed by atoms with Crippen molar-refractivity contribution in [2.45, 2.75) is 39.7 Å². The van der Waals surface area contributed by atoms with Gasteiger partial charge in [-0.05, 0) is 0 Å². The Morgan fingerprint density at radius 1 is 1.53 bits per heavy atom. The lowest BCUT2D eigenvalue weighted by atomic mass is 10.2. The summed E-state index contributed by atoms with van der Waals surface area (Å²) in [6.07, 6.45) is 0.915. The molecule has 4 heteroatoms. The largest absolute Gasteiger partial charge is 0.337 e. The summed E-state index contributed by atoms with van der Waals surface area (Å²) in [5, 5.41) is 1.20. The van der Waals surface area contributed by atoms with Gasteiger partial charge in [-0.2, -0.15) is 0 Å². The molecule has 1 aromatic rings. The Bertz CT molecular complexity index is 384. The topological polar surface area (TPSA) is 33.2 Å². The zero-order valence-corrected chi connectivity index (χ0v) is 10.2. The number of aromatic nitrogens is 1. The van der Waals surface area contributed by atoms with Crippen molar-refractivity contribution in [2.75, 3.05) is 6.54 Å². The Hall–Kier alpha value is -0.900. The van der Waals surface area contributed by atoms with Crippen molar-refractivity contribution in [2.24, 2.45) is 0 Å². The first kappa shape index (κ1) is 10.6. The van der Waals surface area contributed by atoms with Gasteiger partial charge >= 0.3 is 0 Å². The number of carbonyl (C=O) groups excluding carboxylic acids is 1. The van der Waals surface area contributed by atoms with Crippen molar-refractivity contribution in [3.63, 3.8) is 0 Å². The predicted octanol–water partition coefficient (Wildman–Crippen LogP) is 2.17. The van der Waals surface area contributed by atoms with Crippen LogP contribution >= 0.6 is 11.3 Å². The van der Waals surface area contributed by atoms with Crippen LogP contribution in [0.1, 0.15) is 42.3 Å². The Morgan fingerprint density at radius 2 is 2.27 bits per heavy atom. The molecule has 1 aliphatic rings. The van der Waals surface area contributed by atoms with Crippen molar-refractivity contribution in [3.05, 3.63) is 15.6 Å². The molecule has 0 aliphatic carbocycles. The molecule has 15 heavy (non-hydrogen) atoms. The van der Waals surface area contributed by atoms with E-state index in [4.69, 9.17) is 0 Å². The van der Waals surface area contributed by atoms with E-state index in [-0.39, 0.29) is 5.91 Å². The quantitative estimate of drug-likeness (QED) is 0.732. The average Bonchev–Trinajstić information content (AvgIpc) is 2.59. The summed E-state index contributed by atoms with van der Waals surface area (Å²) in [4.78, 5) is 19.1. The fourth-order valence-corrected chi connectivity index (χ4v) is 2.86. The van der Waals surface area contributed by atoms with E-state index < -0.39 is 0 Å². The fourth-order valence-electron chi connectivity index (χ4n) is 1.73. The minimum atomic E-state index is 0.167. The highest BCUT2D eigenvalue weighted by atomic mass is 32.1. The van der Waals surface area contributed by atoms with Crippen LogP contribution < -0.4 is 0 Å². The highest BCUT2D eigenvalue weighted by Crippen LogP contribution is 2.29. The zero-order valence-electron chi connectivity index (χ0n) is 9.41. The minimum absolute atomic E-state index is 0.167. The summed E-state index contributed by atoms with van der Waals surface area (Å²) >= 11 is 1.76. The summed E-state index contributed by atoms with van der Waals surface area (Å²) in [7, 11) is 0. The maximum Gasteiger partial charge on any atom is 0.219 e. The summed E-state index contributed by atoms with van der Waals surface area (Å²) in [5.74, 6) is 0.659. The highest BCUT2D eigenvalue weighted by Gasteiger charge is 2.22. The first-order chi connectivity index (χ1) is 7.08. The van der Waals surface area contributed by atoms with Crippen LogP contribution in [0.5, 0.6) is 0 Å². The number of hydrogen-bond donors (Lipinski definition) is 0. The molecule has 1 aliphatic heterocycles. The van der Waals surface area contributed by atoms with Crippen molar-refractivity contribution in [3.8, 4) is 0 Å². The third-order valence-electron chi connectivity index (χ3n) is 2.69. The van der Waals surface area contributed by atoms with Crippen LogP contribution in [-0.4, -0.2) is 22.3 Å². The molecule has 3 nitrogen and oxygen atoms in total. The lowest BCUT2D eigenvalue weighted by Gasteiger charge is -2.24. The number of fused-ring (bicyclic) bond motifs is 1. The molecule has 0 saturated carbocycles. The Morgan fingerprint density at radius 3 is 2.87 bits per heavy atom. The van der Waals surface area contributed by atoms with Gasteiger partial charge in [-0.3, -0.25) is 4.79 Å². The Balaban J connectivity index is 2.22. The van der Waals surface area contributed by atoms with Crippen LogP contribution in [0.25, 0.3) is 0 Å². The molecule has 0 spiro atoms. The number of rotatable bonds is 1. The highest BCUT2D eigenvalue weighted by molar-refractivity contribution is 7.11. The van der Waals surface area contributed by atoms with E-state index in [9.17, 15) is 4.79 Å². The maximum absolute atomic E-state index is 11.3. The first-order valence-corrected chi connectivity index (χ1v) is 6.13. The van der Waals surface area contributed by atoms with Gasteiger partial charge in [0.1, 0.15) is 0 Å². The molecule has 0 bridgehead atoms. The molecule has 0 atom stereocenters. The molecule has 0 saturated heterocycles. The van der Waals surface area contributed by atoms with Gasteiger partial charge in [0.2, 0.25) is 5.91 Å². The van der Waals surface area contributed by atoms with Crippen molar-refractivity contribution >= 4 is 17.2 Å². The van der Waals surface area contributed by atoms with Gasteiger partial charge in [-0.25, -0.2) is 4.98 Å². The molecule has 0 fully saturated rings. The molecule has 0 N–H and O–H groups in total. The minimum Gasteiger partial charge on any atom is -0.337 e. The predicted molar refractivity (Wildman–Crippen MR) is 61.0 cm³/mol. The summed E-state index contributed by atoms with van der Waals surface area (Å²) < 4.78 is 0. The Labute approximate surface area is 94.1 Å². The number of nitrogens with zero attached hydrogens (tertiary/aromatic N) is 2. The van der Waals surface area contributed by atoms with E-state index in [1.54, 1.807) is 18.3 Å². The standard InChI is InChI=1S/C11H16N2OS/c1-7(2)11-12-9-4-5-13(8(3)14)6-10(9)15-11/h7H,4-6H2,1-3H3. The molecule has 1 amide bonds. The van der Waals surface area contributed by atoms with Gasteiger partial charge in [-0.15, -0.1) is 11.3 Å². The Kier molecular flexibility index (Phi) is 2.78. The van der Waals surface area contributed by atoms with Crippen molar-refractivity contribution < 1.29 is 4.79 Å². The number of hydrogen-bond acceptors (Lipinski definition) is 3. The van der Waals surface area contributed by atoms with Gasteiger partial charge in [0, 0.05) is 30.7 Å². The molecule has 2 rings (SSSR count). The van der Waals surface area contributed by atoms with E-state index >= 15 is 0 Å². The van der Waals surface area contributed by atoms with Gasteiger partial charge < -0.3 is 4.90 Å². The second-order valence-corrected chi connectivity index (χ2v) is 5.38. The van der Waals surface area contributed by atoms with Crippen molar-refractivity contribution in [1.29, 1.82) is 0 Å². The van der Waals surface area contributed by atoms with Crippen LogP contribution in [0.3, 0.4) is 0 Å². The third-order valence-corrected chi connectivity index (χ3v) is 4.07. The lowest BCUT2D eigenvalue weighted by Crippen LogP contribution is -2.33. The van der Waals surface area contributed by atoms with Gasteiger partial charge in [0.05, 0.1) is 17.2 Å². The van der Waals surface area contributed by atoms with Crippen molar-refractivity contribution in [1.82, 2.24) is 9.88 Å². The van der Waals surface area contributed by atoms with Gasteiger partial charge in [0.25, 0.3) is 0 Å². The molecule has 0 unspecified atom stereocenters. The smallest absolute Gasteiger partial charge is 0.219 e. The monoisotopic (exact) mass is 224 g/mol. The fraction of sp³-hybridized carbons (Fsp3) is 0.636. The normalized spacial score (nSPS) is 15.6. The van der Waals surface area contributed by atoms with Crippen LogP contribution in [-0.2, 0) is 17.8 Å². The molecule has 2 heterocycles. The van der Waals surface area contributed by atoms with Crippen LogP contribution in [0.4, 0.5) is 0 Å². The van der Waals surface area contributed by atoms with E-state index in [1.807, 2.05) is 4.90 Å². The lowest BCUT2D eigenvalue weighted by molar-refractivity contribution is -0.129. The number of carbonyl (C=O) groups is 1. The summed E-state index contributed by atoms with van der Waals surface area (Å²) in [5.41, 5.74) is 1.21. The van der Waals surface area contributed by atoms with E-state index in [2.05, 4.69) is 18.8 Å². The number of amides is 1. The molecule has 0 aromatic carbocycles. The van der Waals surface area contributed by atoms with E-state index in [0.717, 1.165) is 19.5 Å². The molecule has 0 radical (unpaired) electrons.